The molecule has 156 valence electrons. The highest BCUT2D eigenvalue weighted by Crippen LogP contribution is 2.09. The molecule has 0 saturated carbocycles. The first-order chi connectivity index (χ1) is 12.4. The molecular weight excluding hydrogens is 360 g/mol. The molecule has 0 spiro atoms. The molecule has 6 unspecified atom stereocenters. The highest BCUT2D eigenvalue weighted by Gasteiger charge is 2.33. The summed E-state index contributed by atoms with van der Waals surface area (Å²) in [5.74, 6) is -3.99. The van der Waals surface area contributed by atoms with Gasteiger partial charge in [0, 0.05) is 0 Å². The monoisotopic (exact) mass is 390 g/mol. The number of carbonyl (C=O) groups excluding carboxylic acids is 3. The topological polar surface area (TPSA) is 191 Å². The summed E-state index contributed by atoms with van der Waals surface area (Å²) in [6.07, 6.45) is -1.93. The maximum atomic E-state index is 12.6. The Hall–Kier alpha value is -2.24. The zero-order chi connectivity index (χ0) is 21.3. The molecule has 0 aliphatic heterocycles. The van der Waals surface area contributed by atoms with Gasteiger partial charge in [0.1, 0.15) is 24.7 Å². The molecule has 0 heterocycles. The van der Waals surface area contributed by atoms with Gasteiger partial charge in [-0.25, -0.2) is 0 Å². The van der Waals surface area contributed by atoms with Gasteiger partial charge in [0.2, 0.25) is 17.7 Å². The van der Waals surface area contributed by atoms with E-state index in [0.717, 1.165) is 0 Å². The first-order valence-corrected chi connectivity index (χ1v) is 8.64. The van der Waals surface area contributed by atoms with Crippen molar-refractivity contribution in [3.8, 4) is 0 Å². The van der Waals surface area contributed by atoms with E-state index in [-0.39, 0.29) is 5.92 Å². The minimum Gasteiger partial charge on any atom is -0.480 e. The van der Waals surface area contributed by atoms with E-state index in [9.17, 15) is 29.4 Å². The van der Waals surface area contributed by atoms with Crippen LogP contribution in [0.4, 0.5) is 0 Å². The highest BCUT2D eigenvalue weighted by molar-refractivity contribution is 5.94. The van der Waals surface area contributed by atoms with Crippen molar-refractivity contribution in [2.24, 2.45) is 11.7 Å². The predicted molar refractivity (Wildman–Crippen MR) is 95.3 cm³/mol. The van der Waals surface area contributed by atoms with E-state index in [1.807, 2.05) is 0 Å². The van der Waals surface area contributed by atoms with Crippen LogP contribution >= 0.6 is 0 Å². The van der Waals surface area contributed by atoms with Crippen LogP contribution in [0.1, 0.15) is 34.1 Å². The molecule has 0 rings (SSSR count). The lowest BCUT2D eigenvalue weighted by molar-refractivity contribution is -0.139. The number of carbonyl (C=O) groups is 4. The van der Waals surface area contributed by atoms with Gasteiger partial charge >= 0.3 is 5.97 Å². The van der Waals surface area contributed by atoms with Crippen LogP contribution < -0.4 is 21.7 Å². The van der Waals surface area contributed by atoms with Gasteiger partial charge in [0.15, 0.2) is 0 Å². The largest absolute Gasteiger partial charge is 0.480 e. The molecule has 0 saturated heterocycles. The molecule has 27 heavy (non-hydrogen) atoms. The van der Waals surface area contributed by atoms with Crippen LogP contribution in [0.15, 0.2) is 0 Å². The number of amides is 3. The summed E-state index contributed by atoms with van der Waals surface area (Å²) in [5.41, 5.74) is 5.56. The lowest BCUT2D eigenvalue weighted by Gasteiger charge is -2.28. The molecule has 11 heteroatoms. The molecule has 8 N–H and O–H groups in total. The fourth-order valence-electron chi connectivity index (χ4n) is 2.09. The third-order valence-electron chi connectivity index (χ3n) is 4.09. The van der Waals surface area contributed by atoms with Gasteiger partial charge in [-0.05, 0) is 19.8 Å². The third kappa shape index (κ3) is 8.33. The van der Waals surface area contributed by atoms with Crippen molar-refractivity contribution in [2.75, 3.05) is 6.54 Å². The molecule has 0 aliphatic rings. The minimum absolute atomic E-state index is 0.341. The lowest BCUT2D eigenvalue weighted by atomic mass is 9.97. The molecule has 0 radical (unpaired) electrons. The van der Waals surface area contributed by atoms with Crippen molar-refractivity contribution in [2.45, 2.75) is 64.4 Å². The number of hydrogen-bond acceptors (Lipinski definition) is 7. The molecule has 6 atom stereocenters. The van der Waals surface area contributed by atoms with Crippen LogP contribution in [0.25, 0.3) is 0 Å². The van der Waals surface area contributed by atoms with Crippen LogP contribution in [0.5, 0.6) is 0 Å². The zero-order valence-electron chi connectivity index (χ0n) is 15.9. The normalized spacial score (nSPS) is 17.6. The molecule has 0 aliphatic carbocycles. The summed E-state index contributed by atoms with van der Waals surface area (Å²) < 4.78 is 0. The molecular formula is C16H30N4O7. The summed E-state index contributed by atoms with van der Waals surface area (Å²) in [6.45, 7) is 5.40. The van der Waals surface area contributed by atoms with Crippen molar-refractivity contribution in [3.63, 3.8) is 0 Å². The second-order valence-electron chi connectivity index (χ2n) is 6.48. The maximum absolute atomic E-state index is 12.6. The van der Waals surface area contributed by atoms with Crippen LogP contribution in [0, 0.1) is 5.92 Å². The molecule has 3 amide bonds. The minimum atomic E-state index is -1.41. The van der Waals surface area contributed by atoms with E-state index in [1.165, 1.54) is 13.8 Å². The van der Waals surface area contributed by atoms with Crippen molar-refractivity contribution in [1.82, 2.24) is 16.0 Å². The van der Waals surface area contributed by atoms with Gasteiger partial charge in [-0.3, -0.25) is 19.2 Å². The Balaban J connectivity index is 5.26. The third-order valence-corrected chi connectivity index (χ3v) is 4.09. The first kappa shape index (κ1) is 24.8. The Morgan fingerprint density at radius 1 is 0.889 bits per heavy atom. The average molecular weight is 390 g/mol. The van der Waals surface area contributed by atoms with Gasteiger partial charge < -0.3 is 37.0 Å². The highest BCUT2D eigenvalue weighted by atomic mass is 16.4. The fourth-order valence-corrected chi connectivity index (χ4v) is 2.09. The molecule has 0 aromatic rings. The summed E-state index contributed by atoms with van der Waals surface area (Å²) in [5, 5.41) is 34.6. The van der Waals surface area contributed by atoms with Gasteiger partial charge in [-0.2, -0.15) is 0 Å². The van der Waals surface area contributed by atoms with E-state index in [4.69, 9.17) is 10.8 Å². The van der Waals surface area contributed by atoms with Crippen molar-refractivity contribution in [1.29, 1.82) is 0 Å². The predicted octanol–water partition coefficient (Wildman–Crippen LogP) is -2.71. The standard InChI is InChI=1S/C16H30N4O7/c1-5-7(2)12(19-14(25)11(17)8(3)21)16(27)20-13(9(4)22)15(26)18-6-10(23)24/h7-9,11-13,21-22H,5-6,17H2,1-4H3,(H,18,26)(H,19,25)(H,20,27)(H,23,24). The van der Waals surface area contributed by atoms with Crippen molar-refractivity contribution >= 4 is 23.7 Å². The van der Waals surface area contributed by atoms with Crippen molar-refractivity contribution < 1.29 is 34.5 Å². The molecule has 11 nitrogen and oxygen atoms in total. The van der Waals surface area contributed by atoms with Crippen LogP contribution in [0.2, 0.25) is 0 Å². The summed E-state index contributed by atoms with van der Waals surface area (Å²) in [6, 6.07) is -3.72. The second-order valence-corrected chi connectivity index (χ2v) is 6.48. The molecule has 0 aromatic heterocycles. The summed E-state index contributed by atoms with van der Waals surface area (Å²) in [7, 11) is 0. The van der Waals surface area contributed by atoms with Gasteiger partial charge in [-0.1, -0.05) is 20.3 Å². The molecule has 0 aromatic carbocycles. The van der Waals surface area contributed by atoms with Gasteiger partial charge in [-0.15, -0.1) is 0 Å². The van der Waals surface area contributed by atoms with E-state index in [0.29, 0.717) is 6.42 Å². The van der Waals surface area contributed by atoms with Crippen LogP contribution in [0.3, 0.4) is 0 Å². The first-order valence-electron chi connectivity index (χ1n) is 8.64. The Labute approximate surface area is 157 Å². The number of rotatable bonds is 11. The SMILES string of the molecule is CCC(C)C(NC(=O)C(N)C(C)O)C(=O)NC(C(=O)NCC(=O)O)C(C)O. The zero-order valence-corrected chi connectivity index (χ0v) is 15.9. The lowest BCUT2D eigenvalue weighted by Crippen LogP contribution is -2.60. The Bertz CT molecular complexity index is 539. The number of carboxylic acids is 1. The van der Waals surface area contributed by atoms with Gasteiger partial charge in [0.05, 0.1) is 12.2 Å². The smallest absolute Gasteiger partial charge is 0.322 e. The van der Waals surface area contributed by atoms with Crippen molar-refractivity contribution in [3.05, 3.63) is 0 Å². The number of aliphatic carboxylic acids is 1. The number of nitrogens with two attached hydrogens (primary N) is 1. The van der Waals surface area contributed by atoms with E-state index in [2.05, 4.69) is 16.0 Å². The van der Waals surface area contributed by atoms with Crippen LogP contribution in [-0.4, -0.2) is 75.9 Å². The quantitative estimate of drug-likeness (QED) is 0.198. The van der Waals surface area contributed by atoms with Gasteiger partial charge in [0.25, 0.3) is 0 Å². The Morgan fingerprint density at radius 3 is 1.81 bits per heavy atom. The molecule has 0 fully saturated rings. The second kappa shape index (κ2) is 11.5. The van der Waals surface area contributed by atoms with E-state index < -0.39 is 60.6 Å². The number of aliphatic hydroxyl groups is 2. The number of nitrogens with one attached hydrogen (secondary N) is 3. The maximum Gasteiger partial charge on any atom is 0.322 e. The van der Waals surface area contributed by atoms with E-state index >= 15 is 0 Å². The molecule has 0 bridgehead atoms. The number of carboxylic acid groups (broad SMARTS) is 1. The number of aliphatic hydroxyl groups excluding tert-OH is 2. The Kier molecular flexibility index (Phi) is 10.5. The van der Waals surface area contributed by atoms with Crippen LogP contribution in [-0.2, 0) is 19.2 Å². The Morgan fingerprint density at radius 2 is 1.41 bits per heavy atom. The summed E-state index contributed by atoms with van der Waals surface area (Å²) >= 11 is 0. The number of hydrogen-bond donors (Lipinski definition) is 7. The average Bonchev–Trinajstić information content (AvgIpc) is 2.59. The van der Waals surface area contributed by atoms with E-state index in [1.54, 1.807) is 13.8 Å². The fraction of sp³-hybridized carbons (Fsp3) is 0.750. The summed E-state index contributed by atoms with van der Waals surface area (Å²) in [4.78, 5) is 47.2.